The van der Waals surface area contributed by atoms with Crippen LogP contribution < -0.4 is 15.0 Å². The van der Waals surface area contributed by atoms with E-state index in [1.165, 1.54) is 17.7 Å². The molecule has 1 unspecified atom stereocenters. The van der Waals surface area contributed by atoms with E-state index in [2.05, 4.69) is 35.2 Å². The second-order valence-corrected chi connectivity index (χ2v) is 8.61. The zero-order valence-electron chi connectivity index (χ0n) is 19.4. The van der Waals surface area contributed by atoms with Crippen LogP contribution in [0.5, 0.6) is 11.5 Å². The van der Waals surface area contributed by atoms with Crippen molar-refractivity contribution in [3.8, 4) is 11.5 Å². The molecule has 34 heavy (non-hydrogen) atoms. The lowest BCUT2D eigenvalue weighted by Crippen LogP contribution is -2.31. The Bertz CT molecular complexity index is 1230. The monoisotopic (exact) mass is 465 g/mol. The highest BCUT2D eigenvalue weighted by Gasteiger charge is 2.19. The van der Waals surface area contributed by atoms with E-state index in [4.69, 9.17) is 4.74 Å². The molecule has 0 aliphatic carbocycles. The van der Waals surface area contributed by atoms with Crippen LogP contribution in [0.3, 0.4) is 0 Å². The molecule has 1 atom stereocenters. The maximum Gasteiger partial charge on any atom is 0.251 e. The van der Waals surface area contributed by atoms with E-state index < -0.39 is 11.6 Å². The Morgan fingerprint density at radius 3 is 2.71 bits per heavy atom. The summed E-state index contributed by atoms with van der Waals surface area (Å²) < 4.78 is 32.9. The summed E-state index contributed by atoms with van der Waals surface area (Å²) in [7, 11) is 0. The Kier molecular flexibility index (Phi) is 6.91. The number of nitrogens with one attached hydrogen (secondary N) is 1. The van der Waals surface area contributed by atoms with Gasteiger partial charge in [-0.2, -0.15) is 0 Å². The highest BCUT2D eigenvalue weighted by molar-refractivity contribution is 5.96. The van der Waals surface area contributed by atoms with Crippen molar-refractivity contribution in [3.63, 3.8) is 0 Å². The highest BCUT2D eigenvalue weighted by atomic mass is 19.1. The molecule has 1 aliphatic heterocycles. The van der Waals surface area contributed by atoms with Gasteiger partial charge in [0.1, 0.15) is 29.0 Å². The Balaban J connectivity index is 0.00000342. The van der Waals surface area contributed by atoms with Gasteiger partial charge in [-0.3, -0.25) is 4.79 Å². The van der Waals surface area contributed by atoms with Crippen LogP contribution in [0.1, 0.15) is 49.6 Å². The van der Waals surface area contributed by atoms with Gasteiger partial charge in [-0.05, 0) is 69.5 Å². The second-order valence-electron chi connectivity index (χ2n) is 8.61. The lowest BCUT2D eigenvalue weighted by atomic mass is 10.0. The molecule has 0 radical (unpaired) electrons. The van der Waals surface area contributed by atoms with E-state index in [1.54, 1.807) is 37.4 Å². The molecule has 0 fully saturated rings. The molecule has 1 aliphatic rings. The standard InChI is InChI=1S/C27H27F2N3O2.H2/c1-17-7-8-18(2)32(16-17)26-14-23(9-10-30-26)34-25-6-4-5-24(19(25)3)27(33)31-15-20-11-21(28)13-22(29)12-20;/h4-6,9-14,16,18H,7-8,15H2,1-3H3,(H,31,33);1H. The van der Waals surface area contributed by atoms with E-state index >= 15 is 0 Å². The van der Waals surface area contributed by atoms with Gasteiger partial charge in [-0.25, -0.2) is 13.8 Å². The third-order valence-corrected chi connectivity index (χ3v) is 5.90. The van der Waals surface area contributed by atoms with Crippen LogP contribution in [-0.2, 0) is 6.54 Å². The topological polar surface area (TPSA) is 54.5 Å². The number of ether oxygens (including phenoxy) is 1. The molecule has 178 valence electrons. The van der Waals surface area contributed by atoms with Crippen molar-refractivity contribution in [1.29, 1.82) is 0 Å². The molecule has 0 bridgehead atoms. The Morgan fingerprint density at radius 2 is 1.94 bits per heavy atom. The van der Waals surface area contributed by atoms with E-state index in [-0.39, 0.29) is 13.9 Å². The summed E-state index contributed by atoms with van der Waals surface area (Å²) in [6.07, 6.45) is 5.98. The van der Waals surface area contributed by atoms with Gasteiger partial charge in [0.15, 0.2) is 0 Å². The van der Waals surface area contributed by atoms with Gasteiger partial charge in [0, 0.05) is 49.7 Å². The van der Waals surface area contributed by atoms with Gasteiger partial charge in [0.25, 0.3) is 5.91 Å². The Labute approximate surface area is 199 Å². The lowest BCUT2D eigenvalue weighted by Gasteiger charge is -2.31. The Morgan fingerprint density at radius 1 is 1.18 bits per heavy atom. The summed E-state index contributed by atoms with van der Waals surface area (Å²) >= 11 is 0. The van der Waals surface area contributed by atoms with Crippen molar-refractivity contribution in [2.24, 2.45) is 0 Å². The van der Waals surface area contributed by atoms with Gasteiger partial charge in [-0.1, -0.05) is 11.6 Å². The van der Waals surface area contributed by atoms with Crippen molar-refractivity contribution < 1.29 is 19.7 Å². The van der Waals surface area contributed by atoms with Crippen LogP contribution in [0, 0.1) is 18.6 Å². The smallest absolute Gasteiger partial charge is 0.251 e. The SMILES string of the molecule is CC1=CN(c2cc(Oc3cccc(C(=O)NCc4cc(F)cc(F)c4)c3C)ccn2)C(C)CC1.[HH]. The number of benzene rings is 2. The number of amides is 1. The van der Waals surface area contributed by atoms with E-state index in [0.29, 0.717) is 34.2 Å². The highest BCUT2D eigenvalue weighted by Crippen LogP contribution is 2.31. The number of hydrogen-bond acceptors (Lipinski definition) is 4. The van der Waals surface area contributed by atoms with Gasteiger partial charge in [0.2, 0.25) is 0 Å². The van der Waals surface area contributed by atoms with E-state index in [9.17, 15) is 13.6 Å². The largest absolute Gasteiger partial charge is 0.457 e. The molecule has 1 aromatic heterocycles. The molecule has 5 nitrogen and oxygen atoms in total. The molecule has 3 aromatic rings. The fourth-order valence-electron chi connectivity index (χ4n) is 3.99. The zero-order valence-corrected chi connectivity index (χ0v) is 19.4. The van der Waals surface area contributed by atoms with Crippen molar-refractivity contribution in [2.75, 3.05) is 4.90 Å². The molecular weight excluding hydrogens is 436 g/mol. The second kappa shape index (κ2) is 10.0. The summed E-state index contributed by atoms with van der Waals surface area (Å²) in [5.74, 6) is 0.239. The van der Waals surface area contributed by atoms with Crippen molar-refractivity contribution >= 4 is 11.7 Å². The number of hydrogen-bond donors (Lipinski definition) is 1. The Hall–Kier alpha value is -3.74. The van der Waals surface area contributed by atoms with Crippen LogP contribution in [0.15, 0.2) is 66.5 Å². The maximum absolute atomic E-state index is 13.4. The minimum absolute atomic E-state index is 0. The van der Waals surface area contributed by atoms with Crippen LogP contribution in [0.25, 0.3) is 0 Å². The number of rotatable bonds is 6. The summed E-state index contributed by atoms with van der Waals surface area (Å²) in [5, 5.41) is 2.71. The van der Waals surface area contributed by atoms with Gasteiger partial charge >= 0.3 is 0 Å². The number of halogens is 2. The zero-order chi connectivity index (χ0) is 24.2. The van der Waals surface area contributed by atoms with Crippen LogP contribution >= 0.6 is 0 Å². The first kappa shape index (κ1) is 23.4. The van der Waals surface area contributed by atoms with E-state index in [1.807, 2.05) is 6.07 Å². The van der Waals surface area contributed by atoms with Crippen LogP contribution in [-0.4, -0.2) is 16.9 Å². The fraction of sp³-hybridized carbons (Fsp3) is 0.259. The first-order valence-corrected chi connectivity index (χ1v) is 11.2. The normalized spacial score (nSPS) is 15.6. The van der Waals surface area contributed by atoms with Crippen molar-refractivity contribution in [3.05, 3.63) is 94.8 Å². The average Bonchev–Trinajstić information content (AvgIpc) is 2.80. The number of carbonyl (C=O) groups excluding carboxylic acids is 1. The molecule has 7 heteroatoms. The third kappa shape index (κ3) is 5.42. The third-order valence-electron chi connectivity index (χ3n) is 5.90. The maximum atomic E-state index is 13.4. The summed E-state index contributed by atoms with van der Waals surface area (Å²) in [6, 6.07) is 12.4. The molecule has 2 aromatic carbocycles. The van der Waals surface area contributed by atoms with Gasteiger partial charge in [0.05, 0.1) is 0 Å². The molecule has 1 N–H and O–H groups in total. The predicted octanol–water partition coefficient (Wildman–Crippen LogP) is 6.53. The minimum Gasteiger partial charge on any atom is -0.457 e. The number of carbonyl (C=O) groups is 1. The molecule has 0 saturated heterocycles. The number of nitrogens with zero attached hydrogens (tertiary/aromatic N) is 2. The molecule has 4 rings (SSSR count). The molecule has 0 spiro atoms. The van der Waals surface area contributed by atoms with Crippen LogP contribution in [0.4, 0.5) is 14.6 Å². The lowest BCUT2D eigenvalue weighted by molar-refractivity contribution is 0.0950. The first-order valence-electron chi connectivity index (χ1n) is 11.2. The number of pyridine rings is 1. The number of anilines is 1. The fourth-order valence-corrected chi connectivity index (χ4v) is 3.99. The minimum atomic E-state index is -0.683. The average molecular weight is 466 g/mol. The van der Waals surface area contributed by atoms with E-state index in [0.717, 1.165) is 24.7 Å². The summed E-state index contributed by atoms with van der Waals surface area (Å²) in [4.78, 5) is 19.4. The predicted molar refractivity (Wildman–Crippen MR) is 130 cm³/mol. The quantitative estimate of drug-likeness (QED) is 0.450. The van der Waals surface area contributed by atoms with Crippen molar-refractivity contribution in [2.45, 2.75) is 46.2 Å². The number of allylic oxidation sites excluding steroid dienone is 1. The van der Waals surface area contributed by atoms with Gasteiger partial charge < -0.3 is 15.0 Å². The first-order chi connectivity index (χ1) is 16.3. The van der Waals surface area contributed by atoms with Gasteiger partial charge in [-0.15, -0.1) is 0 Å². The van der Waals surface area contributed by atoms with Crippen LogP contribution in [0.2, 0.25) is 0 Å². The van der Waals surface area contributed by atoms with Crippen molar-refractivity contribution in [1.82, 2.24) is 10.3 Å². The molecule has 2 heterocycles. The molecular formula is C27H29F2N3O2. The summed E-state index contributed by atoms with van der Waals surface area (Å²) in [6.45, 7) is 6.09. The molecule has 0 saturated carbocycles. The molecule has 1 amide bonds. The number of aromatic nitrogens is 1. The summed E-state index contributed by atoms with van der Waals surface area (Å²) in [5.41, 5.74) is 2.73.